The fourth-order valence-corrected chi connectivity index (χ4v) is 2.28. The first-order chi connectivity index (χ1) is 5.88. The summed E-state index contributed by atoms with van der Waals surface area (Å²) in [5, 5.41) is 18.0. The summed E-state index contributed by atoms with van der Waals surface area (Å²) in [6, 6.07) is 3.27. The molecule has 2 N–H and O–H groups in total. The standard InChI is InChI=1S/C6H6O5S2.Ni/c7-4-1-2-5(8)6(3-4)12-13(9,10)11;/h1-3H,(H3-,7,8,9,10,11);/q;+2/p-1. The van der Waals surface area contributed by atoms with Crippen LogP contribution in [0, 0.1) is 0 Å². The van der Waals surface area contributed by atoms with Gasteiger partial charge in [-0.1, -0.05) is 0 Å². The zero-order chi connectivity index (χ0) is 10.1. The molecule has 8 heteroatoms. The Morgan fingerprint density at radius 1 is 1.29 bits per heavy atom. The molecule has 1 aromatic rings. The number of phenols is 2. The van der Waals surface area contributed by atoms with Crippen LogP contribution in [-0.2, 0) is 35.9 Å². The molecule has 0 aliphatic carbocycles. The quantitative estimate of drug-likeness (QED) is 0.428. The molecule has 80 valence electrons. The van der Waals surface area contributed by atoms with Crippen LogP contribution in [0.1, 0.15) is 0 Å². The molecule has 0 heterocycles. The first-order valence-electron chi connectivity index (χ1n) is 3.06. The van der Waals surface area contributed by atoms with Crippen LogP contribution >= 0.6 is 0 Å². The van der Waals surface area contributed by atoms with Gasteiger partial charge in [-0.05, 0) is 12.1 Å². The van der Waals surface area contributed by atoms with Gasteiger partial charge < -0.3 is 19.3 Å². The molecule has 14 heavy (non-hydrogen) atoms. The summed E-state index contributed by atoms with van der Waals surface area (Å²) >= 11 is 0. The second kappa shape index (κ2) is 4.90. The molecule has 0 spiro atoms. The molecule has 0 aliphatic heterocycles. The number of aromatic hydroxyl groups is 2. The smallest absolute Gasteiger partial charge is 0.745 e. The van der Waals surface area contributed by atoms with E-state index in [0.29, 0.717) is 0 Å². The number of hydrogen-bond acceptors (Lipinski definition) is 5. The van der Waals surface area contributed by atoms with E-state index in [1.807, 2.05) is 0 Å². The summed E-state index contributed by atoms with van der Waals surface area (Å²) in [5.41, 5.74) is 0. The minimum Gasteiger partial charge on any atom is -0.745 e. The van der Waals surface area contributed by atoms with Crippen LogP contribution in [0.5, 0.6) is 11.5 Å². The van der Waals surface area contributed by atoms with Crippen molar-refractivity contribution < 1.29 is 40.0 Å². The Morgan fingerprint density at radius 2 is 1.86 bits per heavy atom. The maximum absolute atomic E-state index is 10.3. The molecule has 5 nitrogen and oxygen atoms in total. The summed E-state index contributed by atoms with van der Waals surface area (Å²) < 4.78 is 30.8. The van der Waals surface area contributed by atoms with Gasteiger partial charge in [0, 0.05) is 0 Å². The van der Waals surface area contributed by atoms with E-state index in [1.165, 1.54) is 6.07 Å². The number of benzene rings is 1. The molecule has 0 amide bonds. The molecule has 0 fully saturated rings. The predicted molar refractivity (Wildman–Crippen MR) is 45.1 cm³/mol. The Labute approximate surface area is 94.0 Å². The Hall–Kier alpha value is -0.396. The van der Waals surface area contributed by atoms with Crippen molar-refractivity contribution in [3.05, 3.63) is 18.2 Å². The van der Waals surface area contributed by atoms with Crippen molar-refractivity contribution in [3.8, 4) is 11.5 Å². The van der Waals surface area contributed by atoms with Crippen LogP contribution in [0.15, 0.2) is 23.1 Å². The van der Waals surface area contributed by atoms with E-state index < -0.39 is 9.05 Å². The van der Waals surface area contributed by atoms with Gasteiger partial charge in [0.1, 0.15) is 5.75 Å². The summed E-state index contributed by atoms with van der Waals surface area (Å²) in [6.07, 6.45) is 0. The van der Waals surface area contributed by atoms with Crippen molar-refractivity contribution in [3.63, 3.8) is 0 Å². The third-order valence-electron chi connectivity index (χ3n) is 1.14. The van der Waals surface area contributed by atoms with Gasteiger partial charge in [-0.15, -0.1) is 0 Å². The molecule has 1 aromatic carbocycles. The van der Waals surface area contributed by atoms with Gasteiger partial charge in [0.05, 0.1) is 15.1 Å². The minimum absolute atomic E-state index is 0. The van der Waals surface area contributed by atoms with Gasteiger partial charge in [-0.3, -0.25) is 0 Å². The topological polar surface area (TPSA) is 104 Å². The fraction of sp³-hybridized carbons (Fsp3) is 0. The average molecular weight is 280 g/mol. The van der Waals surface area contributed by atoms with Crippen LogP contribution in [0.3, 0.4) is 0 Å². The second-order valence-corrected chi connectivity index (χ2v) is 5.29. The van der Waals surface area contributed by atoms with Gasteiger partial charge in [0.2, 0.25) is 0 Å². The van der Waals surface area contributed by atoms with Gasteiger partial charge in [-0.2, -0.15) is 0 Å². The average Bonchev–Trinajstić information content (AvgIpc) is 1.94. The minimum atomic E-state index is -4.52. The first-order valence-corrected chi connectivity index (χ1v) is 5.80. The molecule has 0 unspecified atom stereocenters. The van der Waals surface area contributed by atoms with E-state index in [4.69, 9.17) is 10.2 Å². The first kappa shape index (κ1) is 13.6. The summed E-state index contributed by atoms with van der Waals surface area (Å²) in [4.78, 5) is -0.185. The number of phenolic OH excluding ortho intramolecular Hbond substituents is 2. The maximum Gasteiger partial charge on any atom is 2.00 e. The van der Waals surface area contributed by atoms with Gasteiger partial charge in [-0.25, -0.2) is 4.21 Å². The monoisotopic (exact) mass is 279 g/mol. The van der Waals surface area contributed by atoms with Crippen molar-refractivity contribution in [1.29, 1.82) is 0 Å². The fourth-order valence-electron chi connectivity index (χ4n) is 0.680. The van der Waals surface area contributed by atoms with Crippen LogP contribution < -0.4 is 0 Å². The van der Waals surface area contributed by atoms with Crippen LogP contribution in [-0.4, -0.2) is 23.5 Å². The molecule has 1 rings (SSSR count). The molecule has 0 atom stereocenters. The third-order valence-corrected chi connectivity index (χ3v) is 3.00. The van der Waals surface area contributed by atoms with Crippen LogP contribution in [0.25, 0.3) is 0 Å². The number of rotatable bonds is 1. The molecule has 0 radical (unpaired) electrons. The van der Waals surface area contributed by atoms with Crippen molar-refractivity contribution >= 4 is 19.4 Å². The summed E-state index contributed by atoms with van der Waals surface area (Å²) in [6.45, 7) is 0. The van der Waals surface area contributed by atoms with E-state index in [1.54, 1.807) is 0 Å². The van der Waals surface area contributed by atoms with E-state index in [2.05, 4.69) is 0 Å². The zero-order valence-electron chi connectivity index (χ0n) is 6.48. The zero-order valence-corrected chi connectivity index (χ0v) is 9.10. The summed E-state index contributed by atoms with van der Waals surface area (Å²) in [7, 11) is -4.57. The molecular formula is C6H5NiO5S2+. The van der Waals surface area contributed by atoms with Crippen molar-refractivity contribution in [1.82, 2.24) is 0 Å². The van der Waals surface area contributed by atoms with Gasteiger partial charge in [0.25, 0.3) is 15.2 Å². The largest absolute Gasteiger partial charge is 2.00 e. The molecule has 0 saturated heterocycles. The Morgan fingerprint density at radius 3 is 2.36 bits per heavy atom. The van der Waals surface area contributed by atoms with Crippen LogP contribution in [0.4, 0.5) is 0 Å². The van der Waals surface area contributed by atoms with Gasteiger partial charge in [0.15, 0.2) is 5.75 Å². The van der Waals surface area contributed by atoms with Gasteiger partial charge >= 0.3 is 16.5 Å². The molecule has 0 aliphatic rings. The van der Waals surface area contributed by atoms with Crippen molar-refractivity contribution in [2.75, 3.05) is 0 Å². The molecule has 0 bridgehead atoms. The van der Waals surface area contributed by atoms with Crippen molar-refractivity contribution in [2.45, 2.75) is 4.90 Å². The third kappa shape index (κ3) is 4.21. The van der Waals surface area contributed by atoms with E-state index in [-0.39, 0.29) is 43.2 Å². The normalized spacial score (nSPS) is 10.4. The summed E-state index contributed by atoms with van der Waals surface area (Å²) in [5.74, 6) is -0.578. The molecule has 0 aromatic heterocycles. The predicted octanol–water partition coefficient (Wildman–Crippen LogP) is -0.00300. The van der Waals surface area contributed by atoms with E-state index >= 15 is 0 Å². The Balaban J connectivity index is 0.00000169. The Kier molecular flexibility index (Phi) is 4.76. The van der Waals surface area contributed by atoms with Crippen molar-refractivity contribution in [2.24, 2.45) is 0 Å². The van der Waals surface area contributed by atoms with E-state index in [0.717, 1.165) is 12.1 Å². The second-order valence-electron chi connectivity index (χ2n) is 2.14. The maximum atomic E-state index is 10.3. The van der Waals surface area contributed by atoms with E-state index in [9.17, 15) is 13.3 Å². The SMILES string of the molecule is O=S([O-])([O-])=[S+]c1cc(O)ccc1O.[Ni+2]. The molecule has 0 saturated carbocycles. The Bertz CT molecular complexity index is 430. The number of hydrogen-bond donors (Lipinski definition) is 2. The van der Waals surface area contributed by atoms with Crippen LogP contribution in [0.2, 0.25) is 0 Å². The molecular weight excluding hydrogens is 275 g/mol.